The second kappa shape index (κ2) is 3.89. The van der Waals surface area contributed by atoms with Crippen molar-refractivity contribution in [1.82, 2.24) is 0 Å². The van der Waals surface area contributed by atoms with Crippen LogP contribution in [0.3, 0.4) is 0 Å². The number of benzene rings is 1. The van der Waals surface area contributed by atoms with Crippen molar-refractivity contribution in [3.05, 3.63) is 28.8 Å². The number of hydrogen-bond acceptors (Lipinski definition) is 2. The van der Waals surface area contributed by atoms with Crippen molar-refractivity contribution in [1.29, 1.82) is 0 Å². The van der Waals surface area contributed by atoms with Gasteiger partial charge in [-0.3, -0.25) is 0 Å². The van der Waals surface area contributed by atoms with Gasteiger partial charge in [0.05, 0.1) is 6.10 Å². The Morgan fingerprint density at radius 2 is 2.29 bits per heavy atom. The molecule has 1 N–H and O–H groups in total. The molecule has 0 amide bonds. The highest BCUT2D eigenvalue weighted by atomic mass is 35.5. The lowest BCUT2D eigenvalue weighted by Gasteiger charge is -2.41. The van der Waals surface area contributed by atoms with Gasteiger partial charge in [0.25, 0.3) is 0 Å². The van der Waals surface area contributed by atoms with Gasteiger partial charge in [-0.25, -0.2) is 0 Å². The minimum atomic E-state index is -0.446. The van der Waals surface area contributed by atoms with Crippen molar-refractivity contribution in [3.8, 4) is 5.75 Å². The fraction of sp³-hybridized carbons (Fsp3) is 0.571. The van der Waals surface area contributed by atoms with Crippen LogP contribution >= 0.6 is 11.6 Å². The zero-order valence-electron chi connectivity index (χ0n) is 9.95. The summed E-state index contributed by atoms with van der Waals surface area (Å²) in [7, 11) is 0. The molecule has 0 bridgehead atoms. The Morgan fingerprint density at radius 3 is 3.00 bits per heavy atom. The summed E-state index contributed by atoms with van der Waals surface area (Å²) >= 11 is 5.96. The topological polar surface area (TPSA) is 29.5 Å². The highest BCUT2D eigenvalue weighted by Gasteiger charge is 2.47. The summed E-state index contributed by atoms with van der Waals surface area (Å²) < 4.78 is 6.20. The van der Waals surface area contributed by atoms with Gasteiger partial charge in [-0.05, 0) is 43.4 Å². The number of rotatable bonds is 0. The van der Waals surface area contributed by atoms with E-state index in [9.17, 15) is 5.11 Å². The van der Waals surface area contributed by atoms with Crippen molar-refractivity contribution in [3.63, 3.8) is 0 Å². The molecule has 2 nitrogen and oxygen atoms in total. The molecule has 1 aliphatic carbocycles. The van der Waals surface area contributed by atoms with Crippen LogP contribution in [0.5, 0.6) is 5.75 Å². The van der Waals surface area contributed by atoms with Crippen LogP contribution in [0.25, 0.3) is 0 Å². The number of fused-ring (bicyclic) bond motifs is 1. The van der Waals surface area contributed by atoms with E-state index in [4.69, 9.17) is 16.3 Å². The van der Waals surface area contributed by atoms with Gasteiger partial charge in [-0.2, -0.15) is 0 Å². The van der Waals surface area contributed by atoms with Crippen LogP contribution in [0.1, 0.15) is 44.3 Å². The van der Waals surface area contributed by atoms with E-state index in [1.807, 2.05) is 18.2 Å². The largest absolute Gasteiger partial charge is 0.487 e. The van der Waals surface area contributed by atoms with E-state index in [-0.39, 0.29) is 5.60 Å². The minimum absolute atomic E-state index is 0.153. The maximum absolute atomic E-state index is 10.3. The Balaban J connectivity index is 2.01. The van der Waals surface area contributed by atoms with Gasteiger partial charge >= 0.3 is 0 Å². The van der Waals surface area contributed by atoms with Gasteiger partial charge in [0, 0.05) is 17.0 Å². The molecule has 1 saturated carbocycles. The second-order valence-electron chi connectivity index (χ2n) is 5.36. The van der Waals surface area contributed by atoms with E-state index in [0.717, 1.165) is 17.7 Å². The molecule has 1 spiro atoms. The Kier molecular flexibility index (Phi) is 2.60. The molecule has 1 aliphatic heterocycles. The highest BCUT2D eigenvalue weighted by Crippen LogP contribution is 2.50. The number of aliphatic hydroxyl groups is 1. The van der Waals surface area contributed by atoms with Crippen LogP contribution in [0.15, 0.2) is 18.2 Å². The van der Waals surface area contributed by atoms with Crippen molar-refractivity contribution in [2.45, 2.75) is 44.3 Å². The molecule has 1 heterocycles. The number of halogens is 1. The predicted molar refractivity (Wildman–Crippen MR) is 67.4 cm³/mol. The van der Waals surface area contributed by atoms with Crippen molar-refractivity contribution >= 4 is 11.6 Å². The molecule has 3 unspecified atom stereocenters. The van der Waals surface area contributed by atoms with Crippen LogP contribution in [0, 0.1) is 5.92 Å². The van der Waals surface area contributed by atoms with Gasteiger partial charge < -0.3 is 9.84 Å². The first-order valence-electron chi connectivity index (χ1n) is 6.27. The number of ether oxygens (including phenoxy) is 1. The van der Waals surface area contributed by atoms with E-state index in [1.165, 1.54) is 12.8 Å². The number of hydrogen-bond donors (Lipinski definition) is 1. The molecule has 0 saturated heterocycles. The third-order valence-electron chi connectivity index (χ3n) is 4.32. The van der Waals surface area contributed by atoms with Crippen LogP contribution in [0.2, 0.25) is 5.02 Å². The molecule has 1 fully saturated rings. The summed E-state index contributed by atoms with van der Waals surface area (Å²) in [5.41, 5.74) is 0.683. The molecule has 0 aromatic heterocycles. The molecule has 3 heteroatoms. The summed E-state index contributed by atoms with van der Waals surface area (Å²) in [5, 5.41) is 10.9. The smallest absolute Gasteiger partial charge is 0.126 e. The van der Waals surface area contributed by atoms with Gasteiger partial charge in [0.1, 0.15) is 11.4 Å². The molecule has 3 atom stereocenters. The van der Waals surface area contributed by atoms with E-state index >= 15 is 0 Å². The maximum atomic E-state index is 10.3. The molecule has 92 valence electrons. The monoisotopic (exact) mass is 252 g/mol. The molecule has 17 heavy (non-hydrogen) atoms. The Bertz CT molecular complexity index is 446. The van der Waals surface area contributed by atoms with E-state index in [0.29, 0.717) is 17.4 Å². The van der Waals surface area contributed by atoms with Crippen LogP contribution in [0.4, 0.5) is 0 Å². The first kappa shape index (κ1) is 11.4. The average Bonchev–Trinajstić information content (AvgIpc) is 2.62. The standard InChI is InChI=1S/C14H17ClO2/c1-9-3-2-6-14(9)8-12(16)11-7-10(15)4-5-13(11)17-14/h4-5,7,9,12,16H,2-3,6,8H2,1H3. The summed E-state index contributed by atoms with van der Waals surface area (Å²) in [6, 6.07) is 5.52. The lowest BCUT2D eigenvalue weighted by molar-refractivity contribution is -0.0355. The first-order valence-corrected chi connectivity index (χ1v) is 6.65. The van der Waals surface area contributed by atoms with Crippen LogP contribution in [-0.4, -0.2) is 10.7 Å². The summed E-state index contributed by atoms with van der Waals surface area (Å²) in [6.07, 6.45) is 3.68. The third-order valence-corrected chi connectivity index (χ3v) is 4.55. The van der Waals surface area contributed by atoms with E-state index < -0.39 is 6.10 Å². The first-order chi connectivity index (χ1) is 8.11. The van der Waals surface area contributed by atoms with Crippen molar-refractivity contribution in [2.24, 2.45) is 5.92 Å². The van der Waals surface area contributed by atoms with E-state index in [2.05, 4.69) is 6.92 Å². The van der Waals surface area contributed by atoms with E-state index in [1.54, 1.807) is 0 Å². The molecule has 1 aromatic carbocycles. The van der Waals surface area contributed by atoms with Crippen molar-refractivity contribution in [2.75, 3.05) is 0 Å². The highest BCUT2D eigenvalue weighted by molar-refractivity contribution is 6.30. The summed E-state index contributed by atoms with van der Waals surface area (Å²) in [5.74, 6) is 1.32. The van der Waals surface area contributed by atoms with Gasteiger partial charge in [-0.15, -0.1) is 0 Å². The molecule has 3 rings (SSSR count). The predicted octanol–water partition coefficient (Wildman–Crippen LogP) is 3.71. The van der Waals surface area contributed by atoms with Crippen molar-refractivity contribution < 1.29 is 9.84 Å². The molecular formula is C14H17ClO2. The van der Waals surface area contributed by atoms with Gasteiger partial charge in [0.2, 0.25) is 0 Å². The Morgan fingerprint density at radius 1 is 1.47 bits per heavy atom. The number of aliphatic hydroxyl groups excluding tert-OH is 1. The fourth-order valence-corrected chi connectivity index (χ4v) is 3.42. The summed E-state index contributed by atoms with van der Waals surface area (Å²) in [4.78, 5) is 0. The fourth-order valence-electron chi connectivity index (χ4n) is 3.24. The Labute approximate surface area is 107 Å². The maximum Gasteiger partial charge on any atom is 0.126 e. The quantitative estimate of drug-likeness (QED) is 0.763. The Hall–Kier alpha value is -0.730. The lowest BCUT2D eigenvalue weighted by atomic mass is 9.82. The van der Waals surface area contributed by atoms with Crippen LogP contribution < -0.4 is 4.74 Å². The molecule has 2 aliphatic rings. The molecular weight excluding hydrogens is 236 g/mol. The lowest BCUT2D eigenvalue weighted by Crippen LogP contribution is -2.43. The SMILES string of the molecule is CC1CCCC12CC(O)c1cc(Cl)ccc1O2. The summed E-state index contributed by atoms with van der Waals surface area (Å²) in [6.45, 7) is 2.22. The molecule has 1 aromatic rings. The normalized spacial score (nSPS) is 35.7. The second-order valence-corrected chi connectivity index (χ2v) is 5.80. The zero-order valence-corrected chi connectivity index (χ0v) is 10.7. The minimum Gasteiger partial charge on any atom is -0.487 e. The zero-order chi connectivity index (χ0) is 12.0. The third kappa shape index (κ3) is 1.74. The average molecular weight is 253 g/mol. The van der Waals surface area contributed by atoms with Crippen LogP contribution in [-0.2, 0) is 0 Å². The van der Waals surface area contributed by atoms with Gasteiger partial charge in [0.15, 0.2) is 0 Å². The van der Waals surface area contributed by atoms with Gasteiger partial charge in [-0.1, -0.05) is 18.5 Å². The molecule has 0 radical (unpaired) electrons.